The molecule has 0 saturated carbocycles. The van der Waals surface area contributed by atoms with Gasteiger partial charge in [-0.05, 0) is 43.9 Å². The zero-order valence-corrected chi connectivity index (χ0v) is 11.3. The third kappa shape index (κ3) is 2.85. The number of nitrogens with zero attached hydrogens (tertiary/aromatic N) is 1. The molecule has 1 aromatic rings. The second-order valence-corrected chi connectivity index (χ2v) is 4.96. The summed E-state index contributed by atoms with van der Waals surface area (Å²) < 4.78 is 0. The van der Waals surface area contributed by atoms with Crippen LogP contribution in [-0.4, -0.2) is 20.1 Å². The van der Waals surface area contributed by atoms with Gasteiger partial charge in [-0.25, -0.2) is 5.43 Å². The van der Waals surface area contributed by atoms with Crippen molar-refractivity contribution in [1.29, 1.82) is 0 Å². The Kier molecular flexibility index (Phi) is 4.13. The monoisotopic (exact) mass is 253 g/mol. The highest BCUT2D eigenvalue weighted by Gasteiger charge is 2.15. The molecule has 2 N–H and O–H groups in total. The molecular formula is C13H20ClN3. The van der Waals surface area contributed by atoms with Gasteiger partial charge in [-0.2, -0.15) is 0 Å². The minimum Gasteiger partial charge on any atom is -0.371 e. The fraction of sp³-hybridized carbons (Fsp3) is 0.538. The number of hydrazine groups is 1. The van der Waals surface area contributed by atoms with E-state index >= 15 is 0 Å². The summed E-state index contributed by atoms with van der Waals surface area (Å²) in [5, 5.41) is 0.786. The van der Waals surface area contributed by atoms with Gasteiger partial charge in [0.15, 0.2) is 0 Å². The third-order valence-corrected chi connectivity index (χ3v) is 3.52. The molecule has 0 atom stereocenters. The van der Waals surface area contributed by atoms with Crippen molar-refractivity contribution in [3.63, 3.8) is 0 Å². The molecule has 0 aromatic heterocycles. The van der Waals surface area contributed by atoms with Gasteiger partial charge in [0.1, 0.15) is 0 Å². The van der Waals surface area contributed by atoms with Crippen molar-refractivity contribution >= 4 is 23.0 Å². The van der Waals surface area contributed by atoms with Crippen LogP contribution in [0.25, 0.3) is 0 Å². The Bertz CT molecular complexity index is 386. The lowest BCUT2D eigenvalue weighted by atomic mass is 10.1. The highest BCUT2D eigenvalue weighted by molar-refractivity contribution is 6.31. The summed E-state index contributed by atoms with van der Waals surface area (Å²) in [7, 11) is 1.86. The average molecular weight is 254 g/mol. The van der Waals surface area contributed by atoms with Crippen LogP contribution in [-0.2, 0) is 0 Å². The van der Waals surface area contributed by atoms with Crippen molar-refractivity contribution in [2.45, 2.75) is 26.2 Å². The molecule has 0 radical (unpaired) electrons. The van der Waals surface area contributed by atoms with E-state index in [0.717, 1.165) is 23.8 Å². The quantitative estimate of drug-likeness (QED) is 0.811. The van der Waals surface area contributed by atoms with Crippen LogP contribution in [0.4, 0.5) is 11.4 Å². The predicted molar refractivity (Wildman–Crippen MR) is 74.9 cm³/mol. The summed E-state index contributed by atoms with van der Waals surface area (Å²) in [6.07, 6.45) is 3.90. The molecule has 0 aliphatic carbocycles. The van der Waals surface area contributed by atoms with E-state index in [0.29, 0.717) is 0 Å². The highest BCUT2D eigenvalue weighted by atomic mass is 35.5. The van der Waals surface area contributed by atoms with Gasteiger partial charge in [0.25, 0.3) is 0 Å². The Morgan fingerprint density at radius 3 is 2.53 bits per heavy atom. The molecule has 1 saturated heterocycles. The zero-order valence-electron chi connectivity index (χ0n) is 10.5. The summed E-state index contributed by atoms with van der Waals surface area (Å²) in [4.78, 5) is 2.44. The molecule has 4 heteroatoms. The fourth-order valence-electron chi connectivity index (χ4n) is 2.39. The fourth-order valence-corrected chi connectivity index (χ4v) is 2.60. The van der Waals surface area contributed by atoms with Crippen molar-refractivity contribution in [3.8, 4) is 0 Å². The summed E-state index contributed by atoms with van der Waals surface area (Å²) in [6.45, 7) is 4.42. The van der Waals surface area contributed by atoms with Gasteiger partial charge in [0, 0.05) is 30.8 Å². The molecule has 1 aromatic carbocycles. The van der Waals surface area contributed by atoms with Crippen LogP contribution < -0.4 is 15.8 Å². The van der Waals surface area contributed by atoms with Crippen molar-refractivity contribution in [3.05, 3.63) is 22.7 Å². The first-order valence-corrected chi connectivity index (χ1v) is 6.58. The van der Waals surface area contributed by atoms with Gasteiger partial charge < -0.3 is 10.3 Å². The normalized spacial score (nSPS) is 16.1. The van der Waals surface area contributed by atoms with Gasteiger partial charge in [-0.15, -0.1) is 0 Å². The van der Waals surface area contributed by atoms with Gasteiger partial charge in [-0.3, -0.25) is 0 Å². The van der Waals surface area contributed by atoms with E-state index in [1.54, 1.807) is 0 Å². The Morgan fingerprint density at radius 1 is 1.18 bits per heavy atom. The number of piperidine rings is 1. The average Bonchev–Trinajstić information content (AvgIpc) is 2.35. The van der Waals surface area contributed by atoms with E-state index in [1.807, 2.05) is 13.1 Å². The summed E-state index contributed by atoms with van der Waals surface area (Å²) >= 11 is 6.18. The first kappa shape index (κ1) is 12.5. The molecule has 1 aliphatic heterocycles. The van der Waals surface area contributed by atoms with Crippen LogP contribution in [0, 0.1) is 6.92 Å². The van der Waals surface area contributed by atoms with Crippen LogP contribution in [0.2, 0.25) is 5.02 Å². The maximum absolute atomic E-state index is 6.18. The van der Waals surface area contributed by atoms with Crippen LogP contribution in [0.5, 0.6) is 0 Å². The Morgan fingerprint density at radius 2 is 1.88 bits per heavy atom. The number of hydrogen-bond acceptors (Lipinski definition) is 3. The number of hydrogen-bond donors (Lipinski definition) is 2. The first-order chi connectivity index (χ1) is 8.22. The molecule has 1 fully saturated rings. The smallest absolute Gasteiger partial charge is 0.0552 e. The second-order valence-electron chi connectivity index (χ2n) is 4.52. The first-order valence-electron chi connectivity index (χ1n) is 6.20. The maximum atomic E-state index is 6.18. The third-order valence-electron chi connectivity index (χ3n) is 3.30. The van der Waals surface area contributed by atoms with Crippen LogP contribution in [0.3, 0.4) is 0 Å². The molecule has 0 unspecified atom stereocenters. The van der Waals surface area contributed by atoms with Gasteiger partial charge in [0.2, 0.25) is 0 Å². The molecule has 2 rings (SSSR count). The van der Waals surface area contributed by atoms with Gasteiger partial charge in [0.05, 0.1) is 5.69 Å². The van der Waals surface area contributed by atoms with Crippen molar-refractivity contribution < 1.29 is 0 Å². The predicted octanol–water partition coefficient (Wildman–Crippen LogP) is 3.19. The summed E-state index contributed by atoms with van der Waals surface area (Å²) in [5.74, 6) is 0. The Hall–Kier alpha value is -0.930. The minimum atomic E-state index is 0.786. The van der Waals surface area contributed by atoms with Crippen LogP contribution >= 0.6 is 11.6 Å². The van der Waals surface area contributed by atoms with E-state index in [1.165, 1.54) is 30.5 Å². The van der Waals surface area contributed by atoms with E-state index in [9.17, 15) is 0 Å². The minimum absolute atomic E-state index is 0.786. The van der Waals surface area contributed by atoms with E-state index < -0.39 is 0 Å². The number of nitrogens with one attached hydrogen (secondary N) is 2. The van der Waals surface area contributed by atoms with E-state index in [2.05, 4.69) is 28.7 Å². The van der Waals surface area contributed by atoms with E-state index in [4.69, 9.17) is 11.6 Å². The SMILES string of the molecule is CNNc1cc(Cl)cc(N2CCCCC2)c1C. The lowest BCUT2D eigenvalue weighted by molar-refractivity contribution is 0.577. The standard InChI is InChI=1S/C13H20ClN3/c1-10-12(16-15-2)8-11(14)9-13(10)17-6-4-3-5-7-17/h8-9,15-16H,3-7H2,1-2H3. The lowest BCUT2D eigenvalue weighted by Crippen LogP contribution is -2.30. The lowest BCUT2D eigenvalue weighted by Gasteiger charge is -2.31. The molecule has 0 bridgehead atoms. The van der Waals surface area contributed by atoms with Crippen molar-refractivity contribution in [1.82, 2.24) is 5.43 Å². The second kappa shape index (κ2) is 5.61. The van der Waals surface area contributed by atoms with Crippen molar-refractivity contribution in [2.24, 2.45) is 0 Å². The molecule has 0 spiro atoms. The van der Waals surface area contributed by atoms with Crippen LogP contribution in [0.1, 0.15) is 24.8 Å². The Balaban J connectivity index is 2.31. The maximum Gasteiger partial charge on any atom is 0.0552 e. The molecule has 17 heavy (non-hydrogen) atoms. The molecule has 94 valence electrons. The molecule has 3 nitrogen and oxygen atoms in total. The molecule has 1 aliphatic rings. The topological polar surface area (TPSA) is 27.3 Å². The number of benzene rings is 1. The van der Waals surface area contributed by atoms with Crippen molar-refractivity contribution in [2.75, 3.05) is 30.5 Å². The number of rotatable bonds is 3. The number of anilines is 2. The van der Waals surface area contributed by atoms with Crippen LogP contribution in [0.15, 0.2) is 12.1 Å². The van der Waals surface area contributed by atoms with E-state index in [-0.39, 0.29) is 0 Å². The number of halogens is 1. The van der Waals surface area contributed by atoms with Gasteiger partial charge >= 0.3 is 0 Å². The Labute approximate surface area is 108 Å². The summed E-state index contributed by atoms with van der Waals surface area (Å²) in [6, 6.07) is 4.03. The van der Waals surface area contributed by atoms with Gasteiger partial charge in [-0.1, -0.05) is 11.6 Å². The molecular weight excluding hydrogens is 234 g/mol. The molecule has 0 amide bonds. The zero-order chi connectivity index (χ0) is 12.3. The highest BCUT2D eigenvalue weighted by Crippen LogP contribution is 2.32. The molecule has 1 heterocycles. The largest absolute Gasteiger partial charge is 0.371 e. The summed E-state index contributed by atoms with van der Waals surface area (Å²) in [5.41, 5.74) is 9.66.